The molecule has 0 aliphatic heterocycles. The number of hydrogen-bond acceptors (Lipinski definition) is 3. The van der Waals surface area contributed by atoms with Gasteiger partial charge in [0.05, 0.1) is 0 Å². The van der Waals surface area contributed by atoms with Crippen LogP contribution in [-0.2, 0) is 6.42 Å². The van der Waals surface area contributed by atoms with Crippen LogP contribution in [0.25, 0.3) is 145 Å². The minimum absolute atomic E-state index is 0.897. The first-order valence-corrected chi connectivity index (χ1v) is 24.8. The van der Waals surface area contributed by atoms with Crippen molar-refractivity contribution in [1.82, 2.24) is 0 Å². The molecule has 0 atom stereocenters. The van der Waals surface area contributed by atoms with E-state index in [9.17, 15) is 0 Å². The summed E-state index contributed by atoms with van der Waals surface area (Å²) in [6.45, 7) is 0. The molecule has 0 amide bonds. The van der Waals surface area contributed by atoms with Crippen LogP contribution < -0.4 is 0 Å². The highest BCUT2D eigenvalue weighted by Crippen LogP contribution is 2.52. The average Bonchev–Trinajstić information content (AvgIpc) is 4.09. The molecule has 3 aromatic heterocycles. The second kappa shape index (κ2) is 14.3. The molecule has 0 fully saturated rings. The zero-order valence-electron chi connectivity index (χ0n) is 36.3. The van der Waals surface area contributed by atoms with Crippen molar-refractivity contribution in [2.24, 2.45) is 0 Å². The molecule has 1 aliphatic carbocycles. The van der Waals surface area contributed by atoms with E-state index in [2.05, 4.69) is 206 Å². The van der Waals surface area contributed by atoms with Crippen molar-refractivity contribution in [3.8, 4) is 44.5 Å². The lowest BCUT2D eigenvalue weighted by atomic mass is 9.79. The Morgan fingerprint density at radius 1 is 0.358 bits per heavy atom. The van der Waals surface area contributed by atoms with Crippen molar-refractivity contribution in [2.45, 2.75) is 12.8 Å². The smallest absolute Gasteiger partial charge is 0.143 e. The Hall–Kier alpha value is -7.82. The Bertz CT molecular complexity index is 4400. The van der Waals surface area contributed by atoms with E-state index in [0.29, 0.717) is 0 Å². The second-order valence-corrected chi connectivity index (χ2v) is 20.2. The molecule has 1 aliphatic rings. The number of hydrogen-bond donors (Lipinski definition) is 0. The summed E-state index contributed by atoms with van der Waals surface area (Å²) in [4.78, 5) is 0. The molecule has 14 aromatic rings. The SMILES string of the molecule is C1=Cc2c(c(-c3cccc4sc5ccccc5c34)c3ccccc3c2-c2cccc3c2oc2ccc(-c4c5ccccc5c(-c5cccc6sc7ccccc7c56)c5ccccc45)cc23)CC1. The van der Waals surface area contributed by atoms with Crippen LogP contribution in [-0.4, -0.2) is 0 Å². The van der Waals surface area contributed by atoms with Gasteiger partial charge < -0.3 is 4.42 Å². The maximum absolute atomic E-state index is 7.08. The second-order valence-electron chi connectivity index (χ2n) is 18.0. The fraction of sp³-hybridized carbons (Fsp3) is 0.0312. The molecule has 0 unspecified atom stereocenters. The lowest BCUT2D eigenvalue weighted by molar-refractivity contribution is 0.670. The van der Waals surface area contributed by atoms with Gasteiger partial charge in [0.15, 0.2) is 0 Å². The van der Waals surface area contributed by atoms with Gasteiger partial charge in [-0.2, -0.15) is 0 Å². The van der Waals surface area contributed by atoms with Crippen LogP contribution in [0, 0.1) is 0 Å². The number of allylic oxidation sites excluding steroid dienone is 1. The standard InChI is InChI=1S/C64H38OS2/c1-3-18-40-38(16-1)58(39-17-2-4-19-41(39)59(40)49-27-14-32-56-62(49)47-24-9-11-30-54(47)66-56)37-34-35-53-52(36-37)46-26-13-29-51(64(46)65-53)61-44-22-7-5-20-42(44)60(43-21-6-8-23-45(43)61)50-28-15-33-57-63(50)48-25-10-12-31-55(48)67-57/h1-5,7-20,22-36H,6,21H2. The molecule has 0 N–H and O–H groups in total. The topological polar surface area (TPSA) is 13.1 Å². The van der Waals surface area contributed by atoms with Crippen molar-refractivity contribution < 1.29 is 4.42 Å². The maximum atomic E-state index is 7.08. The lowest BCUT2D eigenvalue weighted by Crippen LogP contribution is -2.02. The van der Waals surface area contributed by atoms with Gasteiger partial charge in [-0.15, -0.1) is 22.7 Å². The fourth-order valence-corrected chi connectivity index (χ4v) is 14.1. The third kappa shape index (κ3) is 5.35. The summed E-state index contributed by atoms with van der Waals surface area (Å²) in [6.07, 6.45) is 6.74. The predicted molar refractivity (Wildman–Crippen MR) is 291 cm³/mol. The molecule has 0 radical (unpaired) electrons. The van der Waals surface area contributed by atoms with Crippen LogP contribution in [0.15, 0.2) is 205 Å². The highest BCUT2D eigenvalue weighted by molar-refractivity contribution is 7.26. The first-order chi connectivity index (χ1) is 33.3. The van der Waals surface area contributed by atoms with Gasteiger partial charge in [0.2, 0.25) is 0 Å². The Balaban J connectivity index is 0.959. The van der Waals surface area contributed by atoms with Crippen molar-refractivity contribution in [3.63, 3.8) is 0 Å². The third-order valence-electron chi connectivity index (χ3n) is 14.5. The van der Waals surface area contributed by atoms with E-state index in [1.54, 1.807) is 0 Å². The van der Waals surface area contributed by atoms with Gasteiger partial charge in [0.1, 0.15) is 11.2 Å². The molecule has 0 bridgehead atoms. The van der Waals surface area contributed by atoms with Crippen molar-refractivity contribution in [3.05, 3.63) is 211 Å². The Labute approximate surface area is 394 Å². The van der Waals surface area contributed by atoms with Gasteiger partial charge in [-0.1, -0.05) is 170 Å². The number of furan rings is 1. The van der Waals surface area contributed by atoms with Gasteiger partial charge >= 0.3 is 0 Å². The van der Waals surface area contributed by atoms with Gasteiger partial charge in [-0.3, -0.25) is 0 Å². The van der Waals surface area contributed by atoms with E-state index in [1.165, 1.54) is 123 Å². The molecule has 0 saturated heterocycles. The van der Waals surface area contributed by atoms with Crippen LogP contribution in [0.5, 0.6) is 0 Å². The molecule has 1 nitrogen and oxygen atoms in total. The summed E-state index contributed by atoms with van der Waals surface area (Å²) in [5, 5.41) is 15.1. The first-order valence-electron chi connectivity index (χ1n) is 23.2. The van der Waals surface area contributed by atoms with E-state index >= 15 is 0 Å². The normalized spacial score (nSPS) is 12.9. The predicted octanol–water partition coefficient (Wildman–Crippen LogP) is 19.4. The first kappa shape index (κ1) is 37.4. The van der Waals surface area contributed by atoms with Gasteiger partial charge in [0, 0.05) is 62.2 Å². The minimum atomic E-state index is 0.897. The van der Waals surface area contributed by atoms with E-state index < -0.39 is 0 Å². The van der Waals surface area contributed by atoms with Gasteiger partial charge in [0.25, 0.3) is 0 Å². The lowest BCUT2D eigenvalue weighted by Gasteiger charge is -2.24. The highest BCUT2D eigenvalue weighted by atomic mass is 32.1. The molecule has 3 heteroatoms. The summed E-state index contributed by atoms with van der Waals surface area (Å²) in [6, 6.07) is 72.2. The van der Waals surface area contributed by atoms with E-state index in [1.807, 2.05) is 22.7 Å². The van der Waals surface area contributed by atoms with Crippen LogP contribution in [0.4, 0.5) is 0 Å². The highest BCUT2D eigenvalue weighted by Gasteiger charge is 2.26. The quantitative estimate of drug-likeness (QED) is 0.161. The van der Waals surface area contributed by atoms with E-state index in [4.69, 9.17) is 4.42 Å². The van der Waals surface area contributed by atoms with Crippen LogP contribution in [0.2, 0.25) is 0 Å². The van der Waals surface area contributed by atoms with Crippen molar-refractivity contribution >= 4 is 123 Å². The molecule has 0 saturated carbocycles. The Morgan fingerprint density at radius 2 is 0.836 bits per heavy atom. The molecule has 15 rings (SSSR count). The fourth-order valence-electron chi connectivity index (χ4n) is 11.8. The van der Waals surface area contributed by atoms with Gasteiger partial charge in [-0.05, 0) is 126 Å². The van der Waals surface area contributed by atoms with Crippen LogP contribution in [0.3, 0.4) is 0 Å². The summed E-state index contributed by atoms with van der Waals surface area (Å²) in [5.41, 5.74) is 14.6. The minimum Gasteiger partial charge on any atom is -0.455 e. The van der Waals surface area contributed by atoms with E-state index in [-0.39, 0.29) is 0 Å². The average molecular weight is 887 g/mol. The molecule has 0 spiro atoms. The number of rotatable bonds is 4. The molecule has 11 aromatic carbocycles. The summed E-state index contributed by atoms with van der Waals surface area (Å²) >= 11 is 3.77. The summed E-state index contributed by atoms with van der Waals surface area (Å²) in [5.74, 6) is 0. The summed E-state index contributed by atoms with van der Waals surface area (Å²) in [7, 11) is 0. The van der Waals surface area contributed by atoms with E-state index in [0.717, 1.165) is 40.3 Å². The van der Waals surface area contributed by atoms with Crippen molar-refractivity contribution in [1.29, 1.82) is 0 Å². The van der Waals surface area contributed by atoms with Crippen LogP contribution in [0.1, 0.15) is 17.5 Å². The maximum Gasteiger partial charge on any atom is 0.143 e. The number of benzene rings is 11. The molecular formula is C64H38OS2. The Kier molecular flexibility index (Phi) is 8.01. The third-order valence-corrected chi connectivity index (χ3v) is 16.8. The molecule has 3 heterocycles. The monoisotopic (exact) mass is 886 g/mol. The largest absolute Gasteiger partial charge is 0.455 e. The Morgan fingerprint density at radius 3 is 1.46 bits per heavy atom. The number of fused-ring (bicyclic) bond motifs is 13. The summed E-state index contributed by atoms with van der Waals surface area (Å²) < 4.78 is 12.4. The van der Waals surface area contributed by atoms with Gasteiger partial charge in [-0.25, -0.2) is 0 Å². The zero-order valence-corrected chi connectivity index (χ0v) is 37.9. The number of para-hydroxylation sites is 1. The zero-order chi connectivity index (χ0) is 43.7. The molecule has 67 heavy (non-hydrogen) atoms. The molecular weight excluding hydrogens is 849 g/mol. The van der Waals surface area contributed by atoms with Crippen LogP contribution >= 0.6 is 22.7 Å². The molecule has 312 valence electrons. The van der Waals surface area contributed by atoms with Crippen molar-refractivity contribution in [2.75, 3.05) is 0 Å². The number of thiophene rings is 2.